The molecule has 0 unspecified atom stereocenters. The Kier molecular flexibility index (Phi) is 4.72. The van der Waals surface area contributed by atoms with Gasteiger partial charge in [-0.2, -0.15) is 0 Å². The Morgan fingerprint density at radius 2 is 1.04 bits per heavy atom. The zero-order valence-corrected chi connectivity index (χ0v) is 23.8. The first-order chi connectivity index (χ1) is 24.3. The van der Waals surface area contributed by atoms with Crippen LogP contribution in [0.1, 0.15) is 6.85 Å². The molecule has 0 aliphatic carbocycles. The summed E-state index contributed by atoms with van der Waals surface area (Å²) in [5.74, 6) is 0.585. The number of aromatic nitrogens is 3. The molecule has 9 aromatic rings. The van der Waals surface area contributed by atoms with Crippen LogP contribution in [0.4, 0.5) is 0 Å². The third kappa shape index (κ3) is 4.43. The monoisotopic (exact) mass is 580 g/mol. The number of nitrogens with zero attached hydrogens (tertiary/aromatic N) is 3. The zero-order valence-electron chi connectivity index (χ0n) is 28.8. The van der Waals surface area contributed by atoms with Gasteiger partial charge in [-0.25, -0.2) is 15.0 Å². The third-order valence-electron chi connectivity index (χ3n) is 8.19. The topological polar surface area (TPSA) is 51.8 Å². The maximum atomic E-state index is 8.69. The summed E-state index contributed by atoms with van der Waals surface area (Å²) in [6.45, 7) is 0. The summed E-state index contributed by atoms with van der Waals surface area (Å²) in [6, 6.07) is 38.1. The first-order valence-electron chi connectivity index (χ1n) is 17.1. The Morgan fingerprint density at radius 1 is 0.444 bits per heavy atom. The van der Waals surface area contributed by atoms with Gasteiger partial charge in [-0.3, -0.25) is 0 Å². The van der Waals surface area contributed by atoms with Crippen molar-refractivity contribution in [1.29, 1.82) is 0 Å². The highest BCUT2D eigenvalue weighted by molar-refractivity contribution is 6.12. The van der Waals surface area contributed by atoms with E-state index in [0.717, 1.165) is 38.1 Å². The molecule has 0 radical (unpaired) electrons. The Balaban J connectivity index is 1.26. The molecule has 4 heteroatoms. The quantitative estimate of drug-likeness (QED) is 0.208. The van der Waals surface area contributed by atoms with Crippen LogP contribution >= 0.6 is 0 Å². The first-order valence-corrected chi connectivity index (χ1v) is 14.6. The van der Waals surface area contributed by atoms with Crippen molar-refractivity contribution in [1.82, 2.24) is 15.0 Å². The Hall–Kier alpha value is -6.13. The van der Waals surface area contributed by atoms with Crippen molar-refractivity contribution >= 4 is 43.5 Å². The van der Waals surface area contributed by atoms with Gasteiger partial charge >= 0.3 is 0 Å². The van der Waals surface area contributed by atoms with Crippen LogP contribution in [0.25, 0.3) is 88.8 Å². The molecular formula is C41H25N3O. The van der Waals surface area contributed by atoms with E-state index in [1.807, 2.05) is 84.9 Å². The second-order valence-electron chi connectivity index (χ2n) is 10.9. The average molecular weight is 581 g/mol. The van der Waals surface area contributed by atoms with Crippen LogP contribution in [0.2, 0.25) is 0 Å². The summed E-state index contributed by atoms with van der Waals surface area (Å²) in [7, 11) is 0. The van der Waals surface area contributed by atoms with E-state index in [-0.39, 0.29) is 29.3 Å². The van der Waals surface area contributed by atoms with E-state index in [0.29, 0.717) is 28.1 Å². The Bertz CT molecular complexity index is 2820. The summed E-state index contributed by atoms with van der Waals surface area (Å²) < 4.78 is 48.6. The average Bonchev–Trinajstić information content (AvgIpc) is 3.54. The van der Waals surface area contributed by atoms with Gasteiger partial charge < -0.3 is 4.42 Å². The smallest absolute Gasteiger partial charge is 0.164 e. The highest BCUT2D eigenvalue weighted by atomic mass is 16.3. The molecule has 0 bridgehead atoms. The van der Waals surface area contributed by atoms with Crippen LogP contribution in [-0.4, -0.2) is 15.0 Å². The largest absolute Gasteiger partial charge is 0.456 e. The molecule has 0 spiro atoms. The predicted octanol–water partition coefficient (Wildman–Crippen LogP) is 10.7. The van der Waals surface area contributed by atoms with E-state index in [1.54, 1.807) is 0 Å². The number of benzene rings is 7. The molecule has 0 atom stereocenters. The molecule has 2 heterocycles. The molecule has 0 saturated heterocycles. The third-order valence-corrected chi connectivity index (χ3v) is 8.19. The summed E-state index contributed by atoms with van der Waals surface area (Å²) in [6.07, 6.45) is 0. The minimum Gasteiger partial charge on any atom is -0.456 e. The van der Waals surface area contributed by atoms with Crippen molar-refractivity contribution in [3.8, 4) is 45.3 Å². The predicted molar refractivity (Wildman–Crippen MR) is 184 cm³/mol. The van der Waals surface area contributed by atoms with Crippen molar-refractivity contribution in [3.63, 3.8) is 0 Å². The number of furan rings is 1. The van der Waals surface area contributed by atoms with Gasteiger partial charge in [0.25, 0.3) is 0 Å². The second kappa shape index (κ2) is 10.2. The molecule has 0 N–H and O–H groups in total. The second-order valence-corrected chi connectivity index (χ2v) is 10.9. The number of fused-ring (bicyclic) bond motifs is 5. The lowest BCUT2D eigenvalue weighted by atomic mass is 9.99. The molecule has 9 rings (SSSR count). The molecule has 4 nitrogen and oxygen atoms in total. The van der Waals surface area contributed by atoms with E-state index >= 15 is 0 Å². The van der Waals surface area contributed by atoms with Crippen LogP contribution in [0.15, 0.2) is 156 Å². The van der Waals surface area contributed by atoms with Gasteiger partial charge in [-0.1, -0.05) is 121 Å². The molecule has 0 saturated carbocycles. The van der Waals surface area contributed by atoms with Crippen molar-refractivity contribution in [2.45, 2.75) is 0 Å². The SMILES string of the molecule is [2H]c1c([2H])c([2H])c(-c2nc(-c3ccc4ccccc4c3)nc(-c3cccc4oc5cc(-c6ccc7ccccc7c6)ccc5c34)n2)c([2H])c1[2H]. The lowest BCUT2D eigenvalue weighted by Gasteiger charge is -2.10. The highest BCUT2D eigenvalue weighted by Crippen LogP contribution is 2.38. The molecule has 0 aliphatic rings. The summed E-state index contributed by atoms with van der Waals surface area (Å²) in [4.78, 5) is 14.5. The lowest BCUT2D eigenvalue weighted by molar-refractivity contribution is 0.669. The molecule has 7 aromatic carbocycles. The Morgan fingerprint density at radius 3 is 1.80 bits per heavy atom. The molecular weight excluding hydrogens is 550 g/mol. The van der Waals surface area contributed by atoms with Gasteiger partial charge in [0.2, 0.25) is 0 Å². The van der Waals surface area contributed by atoms with Gasteiger partial charge in [0.1, 0.15) is 11.2 Å². The Labute approximate surface area is 266 Å². The minimum absolute atomic E-state index is 0.0152. The molecule has 0 fully saturated rings. The lowest BCUT2D eigenvalue weighted by Crippen LogP contribution is -2.00. The van der Waals surface area contributed by atoms with Gasteiger partial charge in [0.15, 0.2) is 17.5 Å². The number of hydrogen-bond donors (Lipinski definition) is 0. The fraction of sp³-hybridized carbons (Fsp3) is 0. The van der Waals surface area contributed by atoms with Crippen LogP contribution in [0.3, 0.4) is 0 Å². The summed E-state index contributed by atoms with van der Waals surface area (Å²) in [5, 5.41) is 6.04. The number of rotatable bonds is 4. The number of hydrogen-bond acceptors (Lipinski definition) is 4. The fourth-order valence-electron chi connectivity index (χ4n) is 5.99. The van der Waals surface area contributed by atoms with E-state index in [9.17, 15) is 0 Å². The molecule has 210 valence electrons. The molecule has 45 heavy (non-hydrogen) atoms. The van der Waals surface area contributed by atoms with Gasteiger partial charge in [-0.15, -0.1) is 0 Å². The molecule has 0 aliphatic heterocycles. The van der Waals surface area contributed by atoms with E-state index < -0.39 is 18.1 Å². The van der Waals surface area contributed by atoms with Crippen LogP contribution in [0, 0.1) is 0 Å². The van der Waals surface area contributed by atoms with Crippen molar-refractivity contribution < 1.29 is 11.3 Å². The van der Waals surface area contributed by atoms with Crippen LogP contribution < -0.4 is 0 Å². The zero-order chi connectivity index (χ0) is 34.1. The van der Waals surface area contributed by atoms with E-state index in [1.165, 1.54) is 5.39 Å². The highest BCUT2D eigenvalue weighted by Gasteiger charge is 2.18. The standard InChI is InChI=1S/C41H25N3O/c1-2-11-28(12-3-1)39-42-40(33-20-18-27-10-5-7-14-30(27)24-33)44-41(43-39)35-15-8-16-36-38(35)34-22-21-32(25-37(34)45-36)31-19-17-26-9-4-6-13-29(26)23-31/h1-25H/i1D,2D,3D,11D,12D. The normalized spacial score (nSPS) is 13.1. The van der Waals surface area contributed by atoms with Crippen molar-refractivity contribution in [2.24, 2.45) is 0 Å². The van der Waals surface area contributed by atoms with Gasteiger partial charge in [0.05, 0.1) is 6.85 Å². The maximum Gasteiger partial charge on any atom is 0.164 e. The van der Waals surface area contributed by atoms with Gasteiger partial charge in [0, 0.05) is 27.5 Å². The van der Waals surface area contributed by atoms with Crippen LogP contribution in [0.5, 0.6) is 0 Å². The molecule has 2 aromatic heterocycles. The van der Waals surface area contributed by atoms with Gasteiger partial charge in [-0.05, 0) is 63.0 Å². The van der Waals surface area contributed by atoms with Crippen molar-refractivity contribution in [3.05, 3.63) is 152 Å². The van der Waals surface area contributed by atoms with Crippen molar-refractivity contribution in [2.75, 3.05) is 0 Å². The first kappa shape index (κ1) is 20.7. The minimum atomic E-state index is -0.481. The summed E-state index contributed by atoms with van der Waals surface area (Å²) in [5.41, 5.74) is 4.71. The van der Waals surface area contributed by atoms with E-state index in [2.05, 4.69) is 36.4 Å². The summed E-state index contributed by atoms with van der Waals surface area (Å²) >= 11 is 0. The van der Waals surface area contributed by atoms with E-state index in [4.69, 9.17) is 26.2 Å². The molecule has 0 amide bonds. The maximum absolute atomic E-state index is 8.69. The van der Waals surface area contributed by atoms with Crippen LogP contribution in [-0.2, 0) is 0 Å². The fourth-order valence-corrected chi connectivity index (χ4v) is 5.99.